The van der Waals surface area contributed by atoms with E-state index in [4.69, 9.17) is 0 Å². The van der Waals surface area contributed by atoms with Crippen LogP contribution < -0.4 is 4.72 Å². The Hall–Kier alpha value is -1.62. The molecule has 0 spiro atoms. The van der Waals surface area contributed by atoms with Crippen molar-refractivity contribution in [2.24, 2.45) is 5.10 Å². The van der Waals surface area contributed by atoms with Crippen molar-refractivity contribution < 1.29 is 30.6 Å². The van der Waals surface area contributed by atoms with Crippen LogP contribution in [0.2, 0.25) is 0 Å². The molecule has 0 aliphatic carbocycles. The largest absolute Gasteiger partial charge is 0.431 e. The SMILES string of the molecule is CN(C)/N=C(\CC(CF)(N[S@](=O)C(C)(C)C)c1cccc(F)c1F)C(F)(F)F. The fraction of sp³-hybridized carbons (Fsp3) is 0.588. The minimum atomic E-state index is -4.97. The number of hydrogen-bond acceptors (Lipinski definition) is 3. The Morgan fingerprint density at radius 2 is 1.75 bits per heavy atom. The summed E-state index contributed by atoms with van der Waals surface area (Å²) in [7, 11) is 0.364. The average Bonchev–Trinajstić information content (AvgIpc) is 2.53. The summed E-state index contributed by atoms with van der Waals surface area (Å²) in [6.07, 6.45) is -6.17. The molecule has 28 heavy (non-hydrogen) atoms. The number of rotatable bonds is 7. The van der Waals surface area contributed by atoms with E-state index in [0.29, 0.717) is 0 Å². The van der Waals surface area contributed by atoms with Crippen molar-refractivity contribution in [3.8, 4) is 0 Å². The van der Waals surface area contributed by atoms with Crippen LogP contribution in [-0.4, -0.2) is 46.6 Å². The molecule has 0 aliphatic rings. The van der Waals surface area contributed by atoms with Gasteiger partial charge in [-0.2, -0.15) is 18.3 Å². The van der Waals surface area contributed by atoms with Gasteiger partial charge in [-0.25, -0.2) is 22.1 Å². The summed E-state index contributed by atoms with van der Waals surface area (Å²) in [4.78, 5) is 0. The molecule has 1 aromatic carbocycles. The standard InChI is InChI=1S/C17H23F6N3OS/c1-15(2,3)28(27)25-16(10-18,11-7-6-8-12(19)14(11)20)9-13(17(21,22)23)24-26(4)5/h6-8,25H,9-10H2,1-5H3/b24-13+/t16?,28-/m1/s1. The molecule has 1 N–H and O–H groups in total. The normalized spacial score (nSPS) is 16.6. The average molecular weight is 431 g/mol. The van der Waals surface area contributed by atoms with E-state index >= 15 is 0 Å². The zero-order chi connectivity index (χ0) is 21.9. The molecule has 0 heterocycles. The van der Waals surface area contributed by atoms with Crippen LogP contribution in [0.1, 0.15) is 32.8 Å². The summed E-state index contributed by atoms with van der Waals surface area (Å²) in [5, 5.41) is 4.19. The quantitative estimate of drug-likeness (QED) is 0.402. The summed E-state index contributed by atoms with van der Waals surface area (Å²) in [6.45, 7) is 2.91. The molecule has 0 saturated heterocycles. The predicted molar refractivity (Wildman–Crippen MR) is 96.8 cm³/mol. The number of halogens is 6. The van der Waals surface area contributed by atoms with E-state index in [1.165, 1.54) is 34.9 Å². The van der Waals surface area contributed by atoms with Crippen molar-refractivity contribution in [1.82, 2.24) is 9.73 Å². The maximum Gasteiger partial charge on any atom is 0.431 e. The molecule has 2 atom stereocenters. The first-order chi connectivity index (χ1) is 12.6. The molecule has 0 aliphatic heterocycles. The van der Waals surface area contributed by atoms with Crippen LogP contribution in [0.25, 0.3) is 0 Å². The molecule has 1 aromatic rings. The van der Waals surface area contributed by atoms with Gasteiger partial charge < -0.3 is 5.01 Å². The van der Waals surface area contributed by atoms with Gasteiger partial charge >= 0.3 is 6.18 Å². The van der Waals surface area contributed by atoms with Gasteiger partial charge in [0.1, 0.15) is 12.4 Å². The summed E-state index contributed by atoms with van der Waals surface area (Å²) in [6, 6.07) is 2.74. The van der Waals surface area contributed by atoms with Gasteiger partial charge in [0.05, 0.1) is 21.3 Å². The Morgan fingerprint density at radius 1 is 1.18 bits per heavy atom. The van der Waals surface area contributed by atoms with E-state index in [2.05, 4.69) is 9.82 Å². The predicted octanol–water partition coefficient (Wildman–Crippen LogP) is 4.05. The molecule has 11 heteroatoms. The minimum Gasteiger partial charge on any atom is -0.303 e. The van der Waals surface area contributed by atoms with Gasteiger partial charge in [-0.3, -0.25) is 0 Å². The van der Waals surface area contributed by atoms with E-state index in [-0.39, 0.29) is 0 Å². The highest BCUT2D eigenvalue weighted by Gasteiger charge is 2.47. The summed E-state index contributed by atoms with van der Waals surface area (Å²) < 4.78 is 96.6. The molecule has 0 saturated carbocycles. The van der Waals surface area contributed by atoms with Crippen LogP contribution in [-0.2, 0) is 16.5 Å². The highest BCUT2D eigenvalue weighted by atomic mass is 32.2. The summed E-state index contributed by atoms with van der Waals surface area (Å²) in [5.41, 5.74) is -4.59. The minimum absolute atomic E-state index is 0.705. The molecule has 1 rings (SSSR count). The Kier molecular flexibility index (Phi) is 7.68. The number of benzene rings is 1. The first-order valence-corrected chi connectivity index (χ1v) is 9.31. The second kappa shape index (κ2) is 8.81. The molecular weight excluding hydrogens is 408 g/mol. The van der Waals surface area contributed by atoms with E-state index in [1.54, 1.807) is 0 Å². The first kappa shape index (κ1) is 24.4. The highest BCUT2D eigenvalue weighted by molar-refractivity contribution is 7.84. The van der Waals surface area contributed by atoms with Crippen LogP contribution in [0.5, 0.6) is 0 Å². The lowest BCUT2D eigenvalue weighted by atomic mass is 9.86. The molecule has 160 valence electrons. The Labute approximate surface area is 162 Å². The number of nitrogens with zero attached hydrogens (tertiary/aromatic N) is 2. The van der Waals surface area contributed by atoms with Crippen molar-refractivity contribution in [2.75, 3.05) is 20.8 Å². The third-order valence-corrected chi connectivity index (χ3v) is 5.35. The smallest absolute Gasteiger partial charge is 0.303 e. The maximum atomic E-state index is 14.4. The summed E-state index contributed by atoms with van der Waals surface area (Å²) in [5.74, 6) is -2.89. The number of nitrogens with one attached hydrogen (secondary N) is 1. The van der Waals surface area contributed by atoms with Gasteiger partial charge in [0.2, 0.25) is 0 Å². The van der Waals surface area contributed by atoms with Crippen LogP contribution in [0.4, 0.5) is 26.3 Å². The van der Waals surface area contributed by atoms with Crippen LogP contribution >= 0.6 is 0 Å². The monoisotopic (exact) mass is 431 g/mol. The highest BCUT2D eigenvalue weighted by Crippen LogP contribution is 2.35. The number of alkyl halides is 4. The lowest BCUT2D eigenvalue weighted by Gasteiger charge is -2.35. The van der Waals surface area contributed by atoms with Crippen molar-refractivity contribution in [3.63, 3.8) is 0 Å². The molecule has 0 amide bonds. The van der Waals surface area contributed by atoms with Gasteiger partial charge in [0.15, 0.2) is 11.6 Å². The zero-order valence-corrected chi connectivity index (χ0v) is 16.9. The van der Waals surface area contributed by atoms with E-state index in [1.807, 2.05) is 0 Å². The second-order valence-corrected chi connectivity index (χ2v) is 9.34. The fourth-order valence-corrected chi connectivity index (χ4v) is 3.15. The first-order valence-electron chi connectivity index (χ1n) is 8.16. The summed E-state index contributed by atoms with van der Waals surface area (Å²) >= 11 is 0. The molecular formula is C17H23F6N3OS. The van der Waals surface area contributed by atoms with Crippen molar-refractivity contribution in [2.45, 2.75) is 43.7 Å². The number of hydrazone groups is 1. The lowest BCUT2D eigenvalue weighted by Crippen LogP contribution is -2.52. The Balaban J connectivity index is 3.66. The number of hydrogen-bond donors (Lipinski definition) is 1. The van der Waals surface area contributed by atoms with Gasteiger partial charge in [0.25, 0.3) is 0 Å². The van der Waals surface area contributed by atoms with Gasteiger partial charge in [-0.1, -0.05) is 12.1 Å². The fourth-order valence-electron chi connectivity index (χ4n) is 2.26. The maximum absolute atomic E-state index is 14.4. The van der Waals surface area contributed by atoms with Gasteiger partial charge in [-0.15, -0.1) is 0 Å². The van der Waals surface area contributed by atoms with Gasteiger partial charge in [-0.05, 0) is 26.8 Å². The van der Waals surface area contributed by atoms with Crippen LogP contribution in [0.3, 0.4) is 0 Å². The van der Waals surface area contributed by atoms with Crippen molar-refractivity contribution in [1.29, 1.82) is 0 Å². The topological polar surface area (TPSA) is 44.7 Å². The van der Waals surface area contributed by atoms with Crippen molar-refractivity contribution >= 4 is 16.7 Å². The second-order valence-electron chi connectivity index (χ2n) is 7.37. The van der Waals surface area contributed by atoms with Crippen LogP contribution in [0, 0.1) is 11.6 Å². The molecule has 0 aromatic heterocycles. The van der Waals surface area contributed by atoms with Gasteiger partial charge in [0, 0.05) is 26.1 Å². The third kappa shape index (κ3) is 5.94. The molecule has 4 nitrogen and oxygen atoms in total. The molecule has 0 radical (unpaired) electrons. The Morgan fingerprint density at radius 3 is 2.18 bits per heavy atom. The van der Waals surface area contributed by atoms with E-state index in [9.17, 15) is 30.6 Å². The lowest BCUT2D eigenvalue weighted by molar-refractivity contribution is -0.0630. The molecule has 0 fully saturated rings. The van der Waals surface area contributed by atoms with E-state index in [0.717, 1.165) is 23.2 Å². The zero-order valence-electron chi connectivity index (χ0n) is 16.1. The van der Waals surface area contributed by atoms with Crippen LogP contribution in [0.15, 0.2) is 23.3 Å². The molecule has 1 unspecified atom stereocenters. The van der Waals surface area contributed by atoms with Crippen molar-refractivity contribution in [3.05, 3.63) is 35.4 Å². The van der Waals surface area contributed by atoms with E-state index < -0.39 is 63.5 Å². The third-order valence-electron chi connectivity index (χ3n) is 3.66. The Bertz CT molecular complexity index is 745. The molecule has 0 bridgehead atoms.